The first kappa shape index (κ1) is 12.7. The van der Waals surface area contributed by atoms with E-state index in [1.165, 1.54) is 11.8 Å². The molecule has 5 nitrogen and oxygen atoms in total. The van der Waals surface area contributed by atoms with Gasteiger partial charge in [0.25, 0.3) is 5.91 Å². The van der Waals surface area contributed by atoms with Gasteiger partial charge in [0.1, 0.15) is 5.69 Å². The fraction of sp³-hybridized carbons (Fsp3) is 0.333. The molecule has 0 spiro atoms. The predicted molar refractivity (Wildman–Crippen MR) is 78.7 cm³/mol. The van der Waals surface area contributed by atoms with Crippen molar-refractivity contribution in [3.05, 3.63) is 41.7 Å². The molecule has 104 valence electrons. The summed E-state index contributed by atoms with van der Waals surface area (Å²) < 4.78 is 1.54. The van der Waals surface area contributed by atoms with E-state index in [9.17, 15) is 4.79 Å². The van der Waals surface area contributed by atoms with Gasteiger partial charge in [0.05, 0.1) is 11.9 Å². The van der Waals surface area contributed by atoms with Crippen LogP contribution >= 0.6 is 0 Å². The zero-order chi connectivity index (χ0) is 14.3. The van der Waals surface area contributed by atoms with Crippen LogP contribution < -0.4 is 10.6 Å². The van der Waals surface area contributed by atoms with Gasteiger partial charge in [-0.05, 0) is 31.4 Å². The normalized spacial score (nSPS) is 17.9. The van der Waals surface area contributed by atoms with E-state index in [0.717, 1.165) is 18.5 Å². The first-order valence-corrected chi connectivity index (χ1v) is 6.78. The molecule has 2 heterocycles. The van der Waals surface area contributed by atoms with Gasteiger partial charge in [-0.3, -0.25) is 9.48 Å². The molecule has 1 amide bonds. The van der Waals surface area contributed by atoms with Gasteiger partial charge in [-0.1, -0.05) is 18.2 Å². The molecule has 5 heteroatoms. The van der Waals surface area contributed by atoms with Crippen LogP contribution in [0.3, 0.4) is 0 Å². The number of rotatable bonds is 1. The molecule has 0 saturated heterocycles. The van der Waals surface area contributed by atoms with Crippen molar-refractivity contribution in [1.29, 1.82) is 0 Å². The highest BCUT2D eigenvalue weighted by molar-refractivity contribution is 6.09. The zero-order valence-electron chi connectivity index (χ0n) is 11.7. The van der Waals surface area contributed by atoms with Crippen LogP contribution in [0.25, 0.3) is 0 Å². The summed E-state index contributed by atoms with van der Waals surface area (Å²) in [6.45, 7) is 2.07. The number of amides is 1. The topological polar surface area (TPSA) is 64.2 Å². The quantitative estimate of drug-likeness (QED) is 0.861. The number of hydrogen-bond donors (Lipinski definition) is 1. The van der Waals surface area contributed by atoms with E-state index in [1.54, 1.807) is 11.7 Å². The molecule has 20 heavy (non-hydrogen) atoms. The summed E-state index contributed by atoms with van der Waals surface area (Å²) in [5.74, 6) is -0.0813. The van der Waals surface area contributed by atoms with Gasteiger partial charge >= 0.3 is 0 Å². The summed E-state index contributed by atoms with van der Waals surface area (Å²) in [7, 11) is 1.74. The summed E-state index contributed by atoms with van der Waals surface area (Å²) in [5.41, 5.74) is 8.95. The van der Waals surface area contributed by atoms with Gasteiger partial charge in [-0.15, -0.1) is 0 Å². The van der Waals surface area contributed by atoms with Gasteiger partial charge in [0.15, 0.2) is 0 Å². The second-order valence-electron chi connectivity index (χ2n) is 5.26. The van der Waals surface area contributed by atoms with Crippen LogP contribution in [0.5, 0.6) is 0 Å². The maximum atomic E-state index is 12.9. The number of nitrogens with two attached hydrogens (primary N) is 1. The minimum absolute atomic E-state index is 0.0813. The first-order chi connectivity index (χ1) is 9.59. The molecule has 1 aliphatic rings. The number of para-hydroxylation sites is 1. The summed E-state index contributed by atoms with van der Waals surface area (Å²) in [6.07, 6.45) is 3.48. The van der Waals surface area contributed by atoms with Crippen molar-refractivity contribution < 1.29 is 4.79 Å². The summed E-state index contributed by atoms with van der Waals surface area (Å²) >= 11 is 0. The average molecular weight is 270 g/mol. The predicted octanol–water partition coefficient (Wildman–Crippen LogP) is 1.98. The molecule has 0 radical (unpaired) electrons. The second-order valence-corrected chi connectivity index (χ2v) is 5.26. The Labute approximate surface area is 118 Å². The van der Waals surface area contributed by atoms with Gasteiger partial charge < -0.3 is 10.6 Å². The highest BCUT2D eigenvalue weighted by Crippen LogP contribution is 2.32. The van der Waals surface area contributed by atoms with Gasteiger partial charge in [0, 0.05) is 18.8 Å². The SMILES string of the molecule is CC1CCc2ccccc2N1C(=O)c1c(N)cnn1C. The Bertz CT molecular complexity index is 642. The van der Waals surface area contributed by atoms with E-state index in [1.807, 2.05) is 23.1 Å². The number of hydrogen-bond acceptors (Lipinski definition) is 3. The fourth-order valence-electron chi connectivity index (χ4n) is 2.83. The number of fused-ring (bicyclic) bond motifs is 1. The van der Waals surface area contributed by atoms with E-state index < -0.39 is 0 Å². The fourth-order valence-corrected chi connectivity index (χ4v) is 2.83. The lowest BCUT2D eigenvalue weighted by atomic mass is 9.96. The van der Waals surface area contributed by atoms with Crippen LogP contribution in [0.15, 0.2) is 30.5 Å². The molecule has 0 bridgehead atoms. The van der Waals surface area contributed by atoms with Crippen molar-refractivity contribution in [2.45, 2.75) is 25.8 Å². The standard InChI is InChI=1S/C15H18N4O/c1-10-7-8-11-5-3-4-6-13(11)19(10)15(20)14-12(16)9-17-18(14)2/h3-6,9-10H,7-8,16H2,1-2H3. The average Bonchev–Trinajstić information content (AvgIpc) is 2.77. The summed E-state index contributed by atoms with van der Waals surface area (Å²) in [5, 5.41) is 4.06. The smallest absolute Gasteiger partial charge is 0.278 e. The molecule has 2 aromatic rings. The molecular weight excluding hydrogens is 252 g/mol. The van der Waals surface area contributed by atoms with Crippen LogP contribution in [0.4, 0.5) is 11.4 Å². The number of nitrogens with zero attached hydrogens (tertiary/aromatic N) is 3. The summed E-state index contributed by atoms with van der Waals surface area (Å²) in [6, 6.07) is 8.20. The van der Waals surface area contributed by atoms with E-state index in [0.29, 0.717) is 11.4 Å². The highest BCUT2D eigenvalue weighted by Gasteiger charge is 2.31. The van der Waals surface area contributed by atoms with E-state index >= 15 is 0 Å². The number of nitrogen functional groups attached to an aromatic ring is 1. The maximum absolute atomic E-state index is 12.9. The molecule has 3 rings (SSSR count). The van der Waals surface area contributed by atoms with Crippen LogP contribution in [-0.4, -0.2) is 21.7 Å². The highest BCUT2D eigenvalue weighted by atomic mass is 16.2. The maximum Gasteiger partial charge on any atom is 0.278 e. The lowest BCUT2D eigenvalue weighted by Gasteiger charge is -2.35. The second kappa shape index (κ2) is 4.67. The molecular formula is C15H18N4O. The van der Waals surface area contributed by atoms with E-state index in [-0.39, 0.29) is 11.9 Å². The third-order valence-corrected chi connectivity index (χ3v) is 3.91. The lowest BCUT2D eigenvalue weighted by Crippen LogP contribution is -2.43. The van der Waals surface area contributed by atoms with Crippen molar-refractivity contribution >= 4 is 17.3 Å². The minimum Gasteiger partial charge on any atom is -0.396 e. The third-order valence-electron chi connectivity index (χ3n) is 3.91. The van der Waals surface area contributed by atoms with Crippen molar-refractivity contribution in [1.82, 2.24) is 9.78 Å². The van der Waals surface area contributed by atoms with Crippen molar-refractivity contribution in [3.8, 4) is 0 Å². The Morgan fingerprint density at radius 1 is 1.40 bits per heavy atom. The largest absolute Gasteiger partial charge is 0.396 e. The molecule has 1 unspecified atom stereocenters. The van der Waals surface area contributed by atoms with E-state index in [2.05, 4.69) is 18.1 Å². The number of benzene rings is 1. The van der Waals surface area contributed by atoms with Crippen LogP contribution in [0.1, 0.15) is 29.4 Å². The number of anilines is 2. The van der Waals surface area contributed by atoms with Crippen molar-refractivity contribution in [2.24, 2.45) is 7.05 Å². The number of aromatic nitrogens is 2. The monoisotopic (exact) mass is 270 g/mol. The Balaban J connectivity index is 2.08. The van der Waals surface area contributed by atoms with Crippen molar-refractivity contribution in [2.75, 3.05) is 10.6 Å². The van der Waals surface area contributed by atoms with Crippen molar-refractivity contribution in [3.63, 3.8) is 0 Å². The lowest BCUT2D eigenvalue weighted by molar-refractivity contribution is 0.0967. The molecule has 1 atom stereocenters. The van der Waals surface area contributed by atoms with Crippen LogP contribution in [-0.2, 0) is 13.5 Å². The molecule has 1 aromatic carbocycles. The van der Waals surface area contributed by atoms with Gasteiger partial charge in [-0.25, -0.2) is 0 Å². The summed E-state index contributed by atoms with van der Waals surface area (Å²) in [4.78, 5) is 14.7. The molecule has 1 aliphatic heterocycles. The molecule has 0 fully saturated rings. The molecule has 1 aromatic heterocycles. The van der Waals surface area contributed by atoms with Crippen LogP contribution in [0.2, 0.25) is 0 Å². The zero-order valence-corrected chi connectivity index (χ0v) is 11.7. The Morgan fingerprint density at radius 3 is 2.85 bits per heavy atom. The van der Waals surface area contributed by atoms with E-state index in [4.69, 9.17) is 5.73 Å². The van der Waals surface area contributed by atoms with Crippen LogP contribution in [0, 0.1) is 0 Å². The van der Waals surface area contributed by atoms with Gasteiger partial charge in [-0.2, -0.15) is 5.10 Å². The molecule has 2 N–H and O–H groups in total. The molecule has 0 saturated carbocycles. The molecule has 0 aliphatic carbocycles. The minimum atomic E-state index is -0.0813. The Kier molecular flexibility index (Phi) is 2.97. The number of carbonyl (C=O) groups excluding carboxylic acids is 1. The Morgan fingerprint density at radius 2 is 2.15 bits per heavy atom. The third kappa shape index (κ3) is 1.86. The Hall–Kier alpha value is -2.30. The number of aryl methyl sites for hydroxylation is 2. The van der Waals surface area contributed by atoms with Gasteiger partial charge in [0.2, 0.25) is 0 Å². The number of carbonyl (C=O) groups is 1. The first-order valence-electron chi connectivity index (χ1n) is 6.78.